The van der Waals surface area contributed by atoms with Crippen molar-refractivity contribution >= 4 is 5.91 Å². The second kappa shape index (κ2) is 20.8. The summed E-state index contributed by atoms with van der Waals surface area (Å²) in [4.78, 5) is 12.7. The van der Waals surface area contributed by atoms with Gasteiger partial charge in [0.25, 0.3) is 0 Å². The zero-order valence-corrected chi connectivity index (χ0v) is 13.2. The number of H-pyrrole nitrogens is 1. The summed E-state index contributed by atoms with van der Waals surface area (Å²) in [5.41, 5.74) is 0. The minimum absolute atomic E-state index is 0. The summed E-state index contributed by atoms with van der Waals surface area (Å²) >= 11 is 0. The van der Waals surface area contributed by atoms with Crippen molar-refractivity contribution < 1.29 is 4.79 Å². The lowest BCUT2D eigenvalue weighted by atomic mass is 10.4. The number of aryl methyl sites for hydroxylation is 1. The van der Waals surface area contributed by atoms with Gasteiger partial charge >= 0.3 is 0 Å². The van der Waals surface area contributed by atoms with E-state index in [1.807, 2.05) is 32.6 Å². The van der Waals surface area contributed by atoms with E-state index >= 15 is 0 Å². The third kappa shape index (κ3) is 16.5. The number of hydrogen-bond donors (Lipinski definition) is 1. The number of aromatic amines is 1. The number of nitrogens with zero attached hydrogens (tertiary/aromatic N) is 4. The first-order valence-electron chi connectivity index (χ1n) is 7.10. The van der Waals surface area contributed by atoms with Crippen LogP contribution in [-0.4, -0.2) is 44.5 Å². The molecule has 1 aromatic rings. The summed E-state index contributed by atoms with van der Waals surface area (Å²) in [5, 5.41) is 13.1. The monoisotopic (exact) mass is 303 g/mol. The maximum absolute atomic E-state index is 10.9. The number of hydrogen-bond acceptors (Lipinski definition) is 4. The molecule has 0 spiro atoms. The smallest absolute Gasteiger partial charge is 0.222 e. The van der Waals surface area contributed by atoms with Gasteiger partial charge < -0.3 is 4.90 Å². The molecule has 21 heavy (non-hydrogen) atoms. The molecule has 0 radical (unpaired) electrons. The Morgan fingerprint density at radius 1 is 1.05 bits per heavy atom. The first-order valence-corrected chi connectivity index (χ1v) is 7.10. The lowest BCUT2D eigenvalue weighted by molar-refractivity contribution is -0.130. The first-order chi connectivity index (χ1) is 9.10. The fourth-order valence-corrected chi connectivity index (χ4v) is 1.13. The summed E-state index contributed by atoms with van der Waals surface area (Å²) in [6.45, 7) is 13.8. The molecular formula is C15H37N5O. The van der Waals surface area contributed by atoms with Crippen LogP contribution < -0.4 is 0 Å². The van der Waals surface area contributed by atoms with Gasteiger partial charge in [-0.05, 0) is 13.8 Å². The number of aromatic nitrogens is 4. The Morgan fingerprint density at radius 2 is 1.52 bits per heavy atom. The lowest BCUT2D eigenvalue weighted by Crippen LogP contribution is -2.29. The number of rotatable bonds is 4. The molecule has 0 fully saturated rings. The largest absolute Gasteiger partial charge is 0.343 e. The van der Waals surface area contributed by atoms with E-state index in [0.29, 0.717) is 6.42 Å². The van der Waals surface area contributed by atoms with Crippen LogP contribution in [-0.2, 0) is 11.2 Å². The van der Waals surface area contributed by atoms with Crippen LogP contribution in [0.5, 0.6) is 0 Å². The van der Waals surface area contributed by atoms with Gasteiger partial charge in [0.15, 0.2) is 5.82 Å². The molecule has 6 nitrogen and oxygen atoms in total. The average molecular weight is 303 g/mol. The number of amides is 1. The molecule has 0 saturated heterocycles. The zero-order valence-electron chi connectivity index (χ0n) is 13.2. The number of carbonyl (C=O) groups is 1. The SMILES string of the molecule is C.C.CCC.CCC(=O)N(CC)CC.CCc1nn[nH]n1. The van der Waals surface area contributed by atoms with Crippen LogP contribution in [0.15, 0.2) is 0 Å². The molecule has 0 aliphatic heterocycles. The van der Waals surface area contributed by atoms with Crippen molar-refractivity contribution in [2.45, 2.75) is 75.7 Å². The van der Waals surface area contributed by atoms with Crippen LogP contribution in [0.4, 0.5) is 0 Å². The third-order valence-corrected chi connectivity index (χ3v) is 2.12. The molecule has 0 aliphatic rings. The highest BCUT2D eigenvalue weighted by molar-refractivity contribution is 5.75. The van der Waals surface area contributed by atoms with Crippen LogP contribution in [0.2, 0.25) is 0 Å². The van der Waals surface area contributed by atoms with E-state index in [-0.39, 0.29) is 20.8 Å². The first kappa shape index (κ1) is 27.8. The number of nitrogens with one attached hydrogen (secondary N) is 1. The molecule has 1 rings (SSSR count). The van der Waals surface area contributed by atoms with Crippen molar-refractivity contribution in [1.82, 2.24) is 25.5 Å². The van der Waals surface area contributed by atoms with Gasteiger partial charge in [-0.25, -0.2) is 0 Å². The Hall–Kier alpha value is -1.46. The summed E-state index contributed by atoms with van der Waals surface area (Å²) in [6.07, 6.45) is 2.72. The summed E-state index contributed by atoms with van der Waals surface area (Å²) < 4.78 is 0. The zero-order chi connectivity index (χ0) is 15.1. The Labute approximate surface area is 131 Å². The summed E-state index contributed by atoms with van der Waals surface area (Å²) in [7, 11) is 0. The molecular weight excluding hydrogens is 266 g/mol. The molecule has 0 unspecified atom stereocenters. The second-order valence-electron chi connectivity index (χ2n) is 3.81. The molecule has 128 valence electrons. The quantitative estimate of drug-likeness (QED) is 0.920. The van der Waals surface area contributed by atoms with Gasteiger partial charge in [0, 0.05) is 25.9 Å². The van der Waals surface area contributed by atoms with Gasteiger partial charge in [-0.3, -0.25) is 4.79 Å². The second-order valence-corrected chi connectivity index (χ2v) is 3.81. The van der Waals surface area contributed by atoms with Gasteiger partial charge in [0.1, 0.15) is 0 Å². The Kier molecular flexibility index (Phi) is 27.6. The van der Waals surface area contributed by atoms with Crippen molar-refractivity contribution in [3.8, 4) is 0 Å². The molecule has 0 saturated carbocycles. The molecule has 0 aromatic carbocycles. The van der Waals surface area contributed by atoms with Gasteiger partial charge in [-0.2, -0.15) is 5.21 Å². The van der Waals surface area contributed by atoms with E-state index in [9.17, 15) is 4.79 Å². The van der Waals surface area contributed by atoms with Gasteiger partial charge in [-0.15, -0.1) is 10.2 Å². The molecule has 1 aromatic heterocycles. The molecule has 6 heteroatoms. The van der Waals surface area contributed by atoms with E-state index in [1.54, 1.807) is 0 Å². The van der Waals surface area contributed by atoms with Crippen molar-refractivity contribution in [3.05, 3.63) is 5.82 Å². The van der Waals surface area contributed by atoms with Gasteiger partial charge in [0.05, 0.1) is 0 Å². The highest BCUT2D eigenvalue weighted by Gasteiger charge is 2.03. The van der Waals surface area contributed by atoms with E-state index in [0.717, 1.165) is 25.3 Å². The molecule has 0 aliphatic carbocycles. The van der Waals surface area contributed by atoms with Crippen molar-refractivity contribution in [2.75, 3.05) is 13.1 Å². The summed E-state index contributed by atoms with van der Waals surface area (Å²) in [5.74, 6) is 1.01. The maximum Gasteiger partial charge on any atom is 0.222 e. The van der Waals surface area contributed by atoms with E-state index in [4.69, 9.17) is 0 Å². The highest BCUT2D eigenvalue weighted by atomic mass is 16.2. The predicted molar refractivity (Wildman–Crippen MR) is 91.2 cm³/mol. The predicted octanol–water partition coefficient (Wildman–Crippen LogP) is 3.72. The normalized spacial score (nSPS) is 7.90. The Balaban J connectivity index is -0.000000109. The van der Waals surface area contributed by atoms with Crippen LogP contribution in [0.3, 0.4) is 0 Å². The minimum Gasteiger partial charge on any atom is -0.343 e. The minimum atomic E-state index is 0. The molecule has 1 amide bonds. The van der Waals surface area contributed by atoms with E-state index < -0.39 is 0 Å². The Bertz CT molecular complexity index is 284. The molecule has 0 atom stereocenters. The topological polar surface area (TPSA) is 74.8 Å². The fourth-order valence-electron chi connectivity index (χ4n) is 1.13. The van der Waals surface area contributed by atoms with Crippen LogP contribution in [0.1, 0.15) is 75.1 Å². The third-order valence-electron chi connectivity index (χ3n) is 2.12. The van der Waals surface area contributed by atoms with E-state index in [2.05, 4.69) is 34.5 Å². The molecule has 1 N–H and O–H groups in total. The molecule has 1 heterocycles. The summed E-state index contributed by atoms with van der Waals surface area (Å²) in [6, 6.07) is 0. The van der Waals surface area contributed by atoms with Crippen LogP contribution in [0.25, 0.3) is 0 Å². The van der Waals surface area contributed by atoms with Gasteiger partial charge in [-0.1, -0.05) is 54.2 Å². The average Bonchev–Trinajstić information content (AvgIpc) is 2.94. The lowest BCUT2D eigenvalue weighted by Gasteiger charge is -2.16. The molecule has 0 bridgehead atoms. The van der Waals surface area contributed by atoms with Crippen LogP contribution >= 0.6 is 0 Å². The Morgan fingerprint density at radius 3 is 1.67 bits per heavy atom. The highest BCUT2D eigenvalue weighted by Crippen LogP contribution is 1.91. The number of carbonyl (C=O) groups excluding carboxylic acids is 1. The fraction of sp³-hybridized carbons (Fsp3) is 0.867. The van der Waals surface area contributed by atoms with E-state index in [1.165, 1.54) is 6.42 Å². The van der Waals surface area contributed by atoms with Crippen molar-refractivity contribution in [2.24, 2.45) is 0 Å². The number of tetrazole rings is 1. The van der Waals surface area contributed by atoms with Crippen LogP contribution in [0, 0.1) is 0 Å². The van der Waals surface area contributed by atoms with Gasteiger partial charge in [0.2, 0.25) is 5.91 Å². The van der Waals surface area contributed by atoms with Crippen molar-refractivity contribution in [3.63, 3.8) is 0 Å². The standard InChI is InChI=1S/C7H15NO.C3H6N4.C3H8.2CH4/c1-4-7(9)8(5-2)6-3;1-2-3-4-6-7-5-3;1-3-2;;/h4-6H2,1-3H3;2H2,1H3,(H,4,5,6,7);3H2,1-2H3;2*1H4. The van der Waals surface area contributed by atoms with Crippen molar-refractivity contribution in [1.29, 1.82) is 0 Å². The maximum atomic E-state index is 10.9.